The van der Waals surface area contributed by atoms with Gasteiger partial charge in [-0.15, -0.1) is 5.10 Å². The maximum atomic E-state index is 13.8. The minimum atomic E-state index is -0.406. The van der Waals surface area contributed by atoms with Crippen LogP contribution >= 0.6 is 11.8 Å². The third kappa shape index (κ3) is 5.38. The van der Waals surface area contributed by atoms with Crippen molar-refractivity contribution in [2.45, 2.75) is 57.5 Å². The predicted molar refractivity (Wildman–Crippen MR) is 156 cm³/mol. The van der Waals surface area contributed by atoms with Crippen LogP contribution in [0.5, 0.6) is 0 Å². The average molecular weight is 524 g/mol. The number of nitrogens with zero attached hydrogens (tertiary/aromatic N) is 3. The Morgan fingerprint density at radius 3 is 2.45 bits per heavy atom. The van der Waals surface area contributed by atoms with Crippen LogP contribution < -0.4 is 10.6 Å². The average Bonchev–Trinajstić information content (AvgIpc) is 3.31. The van der Waals surface area contributed by atoms with Gasteiger partial charge in [-0.3, -0.25) is 4.79 Å². The molecule has 1 aliphatic rings. The first kappa shape index (κ1) is 25.8. The van der Waals surface area contributed by atoms with Crippen LogP contribution in [0, 0.1) is 13.8 Å². The molecule has 2 N–H and O–H groups in total. The Hall–Kier alpha value is -3.84. The van der Waals surface area contributed by atoms with Gasteiger partial charge in [0.25, 0.3) is 5.91 Å². The van der Waals surface area contributed by atoms with E-state index in [0.717, 1.165) is 33.8 Å². The van der Waals surface area contributed by atoms with Crippen LogP contribution in [0.2, 0.25) is 0 Å². The van der Waals surface area contributed by atoms with Crippen LogP contribution in [-0.2, 0) is 10.5 Å². The molecule has 0 saturated carbocycles. The summed E-state index contributed by atoms with van der Waals surface area (Å²) in [5.41, 5.74) is 7.84. The summed E-state index contributed by atoms with van der Waals surface area (Å²) in [5.74, 6) is 1.67. The molecule has 194 valence electrons. The molecule has 1 aromatic heterocycles. The molecule has 0 aliphatic carbocycles. The molecule has 0 radical (unpaired) electrons. The van der Waals surface area contributed by atoms with Gasteiger partial charge in [0.15, 0.2) is 0 Å². The van der Waals surface area contributed by atoms with E-state index < -0.39 is 6.04 Å². The fraction of sp³-hybridized carbons (Fsp3) is 0.258. The first-order valence-corrected chi connectivity index (χ1v) is 13.9. The number of rotatable bonds is 7. The number of hydrogen-bond acceptors (Lipinski definition) is 5. The zero-order valence-electron chi connectivity index (χ0n) is 22.4. The summed E-state index contributed by atoms with van der Waals surface area (Å²) in [5, 5.41) is 12.0. The number of carbonyl (C=O) groups excluding carboxylic acids is 1. The second-order valence-electron chi connectivity index (χ2n) is 10.1. The number of aryl methyl sites for hydroxylation is 2. The fourth-order valence-corrected chi connectivity index (χ4v) is 5.51. The normalized spacial score (nSPS) is 14.8. The van der Waals surface area contributed by atoms with Crippen LogP contribution in [0.1, 0.15) is 60.5 Å². The van der Waals surface area contributed by atoms with Crippen LogP contribution in [0.25, 0.3) is 0 Å². The molecule has 4 aromatic rings. The van der Waals surface area contributed by atoms with Crippen molar-refractivity contribution in [1.29, 1.82) is 0 Å². The number of benzene rings is 3. The molecule has 1 aliphatic heterocycles. The maximum absolute atomic E-state index is 13.8. The van der Waals surface area contributed by atoms with E-state index in [2.05, 4.69) is 66.9 Å². The molecule has 6 nitrogen and oxygen atoms in total. The lowest BCUT2D eigenvalue weighted by molar-refractivity contribution is -0.113. The SMILES string of the molecule is CC1=C(C(=O)Nc2ccc(C)cc2C)C(c2ccc(C(C)C)cc2)n2nc(SCc3ccccc3)nc2N1. The molecule has 1 atom stereocenters. The summed E-state index contributed by atoms with van der Waals surface area (Å²) in [7, 11) is 0. The number of aromatic nitrogens is 3. The van der Waals surface area contributed by atoms with Gasteiger partial charge in [0.2, 0.25) is 11.1 Å². The number of carbonyl (C=O) groups is 1. The third-order valence-electron chi connectivity index (χ3n) is 6.84. The lowest BCUT2D eigenvalue weighted by atomic mass is 9.92. The fourth-order valence-electron chi connectivity index (χ4n) is 4.72. The van der Waals surface area contributed by atoms with Crippen molar-refractivity contribution < 1.29 is 4.79 Å². The molecule has 7 heteroatoms. The van der Waals surface area contributed by atoms with Gasteiger partial charge in [-0.1, -0.05) is 97.9 Å². The topological polar surface area (TPSA) is 71.8 Å². The largest absolute Gasteiger partial charge is 0.328 e. The zero-order valence-corrected chi connectivity index (χ0v) is 23.3. The van der Waals surface area contributed by atoms with Crippen molar-refractivity contribution in [1.82, 2.24) is 14.8 Å². The molecule has 2 heterocycles. The smallest absolute Gasteiger partial charge is 0.255 e. The Kier molecular flexibility index (Phi) is 7.38. The number of hydrogen-bond donors (Lipinski definition) is 2. The highest BCUT2D eigenvalue weighted by Gasteiger charge is 2.34. The van der Waals surface area contributed by atoms with Gasteiger partial charge >= 0.3 is 0 Å². The maximum Gasteiger partial charge on any atom is 0.255 e. The van der Waals surface area contributed by atoms with E-state index in [9.17, 15) is 4.79 Å². The van der Waals surface area contributed by atoms with Gasteiger partial charge in [-0.25, -0.2) is 4.68 Å². The van der Waals surface area contributed by atoms with Crippen LogP contribution in [0.3, 0.4) is 0 Å². The summed E-state index contributed by atoms with van der Waals surface area (Å²) in [4.78, 5) is 18.6. The molecular formula is C31H33N5OS. The molecule has 1 amide bonds. The van der Waals surface area contributed by atoms with Gasteiger partial charge in [-0.2, -0.15) is 4.98 Å². The van der Waals surface area contributed by atoms with E-state index >= 15 is 0 Å². The number of thioether (sulfide) groups is 1. The lowest BCUT2D eigenvalue weighted by Gasteiger charge is -2.29. The van der Waals surface area contributed by atoms with Crippen molar-refractivity contribution >= 4 is 29.3 Å². The number of amides is 1. The standard InChI is InChI=1S/C31H33N5OS/c1-19(2)24-12-14-25(15-13-24)28-27(29(37)33-26-16-11-20(3)17-21(26)4)22(5)32-30-34-31(35-36(28)30)38-18-23-9-7-6-8-10-23/h6-17,19,28H,18H2,1-5H3,(H,33,37)(H,32,34,35). The monoisotopic (exact) mass is 523 g/mol. The first-order chi connectivity index (χ1) is 18.3. The van der Waals surface area contributed by atoms with Crippen molar-refractivity contribution in [2.24, 2.45) is 0 Å². The van der Waals surface area contributed by atoms with E-state index in [0.29, 0.717) is 22.6 Å². The van der Waals surface area contributed by atoms with Crippen LogP contribution in [0.4, 0.5) is 11.6 Å². The Balaban J connectivity index is 1.51. The first-order valence-electron chi connectivity index (χ1n) is 12.9. The number of anilines is 2. The van der Waals surface area contributed by atoms with E-state index in [1.54, 1.807) is 11.8 Å². The van der Waals surface area contributed by atoms with Gasteiger partial charge in [0.05, 0.1) is 5.57 Å². The number of fused-ring (bicyclic) bond motifs is 1. The van der Waals surface area contributed by atoms with E-state index in [1.165, 1.54) is 11.1 Å². The van der Waals surface area contributed by atoms with E-state index in [-0.39, 0.29) is 5.91 Å². The van der Waals surface area contributed by atoms with Gasteiger partial charge in [0.1, 0.15) is 6.04 Å². The Morgan fingerprint density at radius 2 is 1.76 bits per heavy atom. The van der Waals surface area contributed by atoms with Gasteiger partial charge < -0.3 is 10.6 Å². The summed E-state index contributed by atoms with van der Waals surface area (Å²) < 4.78 is 1.85. The molecule has 38 heavy (non-hydrogen) atoms. The molecule has 1 unspecified atom stereocenters. The summed E-state index contributed by atoms with van der Waals surface area (Å²) >= 11 is 1.59. The predicted octanol–water partition coefficient (Wildman–Crippen LogP) is 7.24. The number of allylic oxidation sites excluding steroid dienone is 1. The number of nitrogens with one attached hydrogen (secondary N) is 2. The quantitative estimate of drug-likeness (QED) is 0.250. The molecule has 5 rings (SSSR count). The van der Waals surface area contributed by atoms with E-state index in [1.807, 2.05) is 55.8 Å². The second kappa shape index (κ2) is 10.9. The molecule has 0 bridgehead atoms. The molecule has 0 fully saturated rings. The molecular weight excluding hydrogens is 490 g/mol. The highest BCUT2D eigenvalue weighted by atomic mass is 32.2. The highest BCUT2D eigenvalue weighted by molar-refractivity contribution is 7.98. The van der Waals surface area contributed by atoms with Gasteiger partial charge in [0, 0.05) is 17.1 Å². The van der Waals surface area contributed by atoms with Crippen molar-refractivity contribution in [3.05, 3.63) is 112 Å². The van der Waals surface area contributed by atoms with Crippen molar-refractivity contribution in [3.63, 3.8) is 0 Å². The minimum absolute atomic E-state index is 0.153. The van der Waals surface area contributed by atoms with Crippen LogP contribution in [-0.4, -0.2) is 20.7 Å². The minimum Gasteiger partial charge on any atom is -0.328 e. The third-order valence-corrected chi connectivity index (χ3v) is 7.75. The van der Waals surface area contributed by atoms with Gasteiger partial charge in [-0.05, 0) is 55.0 Å². The van der Waals surface area contributed by atoms with Crippen molar-refractivity contribution in [2.75, 3.05) is 10.6 Å². The molecule has 0 saturated heterocycles. The zero-order chi connectivity index (χ0) is 26.8. The Labute approximate surface area is 228 Å². The van der Waals surface area contributed by atoms with E-state index in [4.69, 9.17) is 10.1 Å². The molecule has 0 spiro atoms. The lowest BCUT2D eigenvalue weighted by Crippen LogP contribution is -2.31. The Bertz CT molecular complexity index is 1490. The summed E-state index contributed by atoms with van der Waals surface area (Å²) in [6.07, 6.45) is 0. The van der Waals surface area contributed by atoms with Crippen LogP contribution in [0.15, 0.2) is 89.2 Å². The molecule has 3 aromatic carbocycles. The Morgan fingerprint density at radius 1 is 1.03 bits per heavy atom. The second-order valence-corrected chi connectivity index (χ2v) is 11.0. The highest BCUT2D eigenvalue weighted by Crippen LogP contribution is 2.37. The van der Waals surface area contributed by atoms with Crippen molar-refractivity contribution in [3.8, 4) is 0 Å². The summed E-state index contributed by atoms with van der Waals surface area (Å²) in [6.45, 7) is 10.3. The summed E-state index contributed by atoms with van der Waals surface area (Å²) in [6, 6.07) is 24.4.